The Bertz CT molecular complexity index is 371. The van der Waals surface area contributed by atoms with Gasteiger partial charge in [0.05, 0.1) is 0 Å². The quantitative estimate of drug-likeness (QED) is 0.804. The zero-order valence-corrected chi connectivity index (χ0v) is 11.3. The van der Waals surface area contributed by atoms with Gasteiger partial charge in [0.25, 0.3) is 0 Å². The lowest BCUT2D eigenvalue weighted by molar-refractivity contribution is 0.240. The predicted molar refractivity (Wildman–Crippen MR) is 75.8 cm³/mol. The van der Waals surface area contributed by atoms with E-state index >= 15 is 0 Å². The molecule has 1 aromatic carbocycles. The maximum absolute atomic E-state index is 4.51. The molecular formula is C15H21NS. The second-order valence-corrected chi connectivity index (χ2v) is 6.02. The third kappa shape index (κ3) is 2.53. The molecule has 0 radical (unpaired) electrons. The highest BCUT2D eigenvalue weighted by atomic mass is 32.1. The van der Waals surface area contributed by atoms with Crippen LogP contribution in [0, 0.1) is 5.41 Å². The van der Waals surface area contributed by atoms with E-state index in [4.69, 9.17) is 0 Å². The van der Waals surface area contributed by atoms with E-state index in [2.05, 4.69) is 41.8 Å². The summed E-state index contributed by atoms with van der Waals surface area (Å²) < 4.78 is 0. The highest BCUT2D eigenvalue weighted by Gasteiger charge is 2.42. The van der Waals surface area contributed by atoms with Gasteiger partial charge in [0, 0.05) is 19.6 Å². The van der Waals surface area contributed by atoms with Crippen molar-refractivity contribution < 1.29 is 0 Å². The lowest BCUT2D eigenvalue weighted by Crippen LogP contribution is -2.33. The summed E-state index contributed by atoms with van der Waals surface area (Å²) in [6, 6.07) is 8.93. The molecule has 2 heteroatoms. The minimum absolute atomic E-state index is 0.569. The van der Waals surface area contributed by atoms with Gasteiger partial charge in [0.1, 0.15) is 0 Å². The second-order valence-electron chi connectivity index (χ2n) is 5.70. The van der Waals surface area contributed by atoms with E-state index in [1.54, 1.807) is 11.1 Å². The molecule has 1 fully saturated rings. The average Bonchev–Trinajstić information content (AvgIpc) is 3.16. The Morgan fingerprint density at radius 2 is 1.65 bits per heavy atom. The number of hydrogen-bond donors (Lipinski definition) is 1. The van der Waals surface area contributed by atoms with Crippen LogP contribution in [0.4, 0.5) is 0 Å². The molecule has 1 aliphatic heterocycles. The third-order valence-corrected chi connectivity index (χ3v) is 5.04. The summed E-state index contributed by atoms with van der Waals surface area (Å²) in [7, 11) is 0. The Morgan fingerprint density at radius 3 is 2.12 bits per heavy atom. The topological polar surface area (TPSA) is 3.24 Å². The molecule has 1 heterocycles. The number of fused-ring (bicyclic) bond motifs is 1. The van der Waals surface area contributed by atoms with Crippen LogP contribution in [-0.2, 0) is 12.8 Å². The lowest BCUT2D eigenvalue weighted by atomic mass is 10.0. The Balaban J connectivity index is 1.65. The molecule has 1 saturated carbocycles. The fourth-order valence-corrected chi connectivity index (χ4v) is 3.31. The van der Waals surface area contributed by atoms with Gasteiger partial charge in [-0.2, -0.15) is 12.6 Å². The largest absolute Gasteiger partial charge is 0.302 e. The first-order valence-electron chi connectivity index (χ1n) is 6.71. The summed E-state index contributed by atoms with van der Waals surface area (Å²) in [6.45, 7) is 3.73. The van der Waals surface area contributed by atoms with E-state index in [1.165, 1.54) is 45.3 Å². The molecule has 0 atom stereocenters. The molecule has 3 rings (SSSR count). The molecular weight excluding hydrogens is 226 g/mol. The molecule has 17 heavy (non-hydrogen) atoms. The van der Waals surface area contributed by atoms with E-state index in [0.29, 0.717) is 5.41 Å². The Kier molecular flexibility index (Phi) is 3.18. The van der Waals surface area contributed by atoms with Crippen molar-refractivity contribution in [3.05, 3.63) is 35.4 Å². The molecule has 0 N–H and O–H groups in total. The van der Waals surface area contributed by atoms with Crippen molar-refractivity contribution in [2.24, 2.45) is 5.41 Å². The van der Waals surface area contributed by atoms with Crippen molar-refractivity contribution in [2.75, 3.05) is 25.4 Å². The summed E-state index contributed by atoms with van der Waals surface area (Å²) in [5.74, 6) is 1.07. The van der Waals surface area contributed by atoms with Gasteiger partial charge in [-0.05, 0) is 48.0 Å². The summed E-state index contributed by atoms with van der Waals surface area (Å²) in [4.78, 5) is 2.66. The van der Waals surface area contributed by atoms with E-state index < -0.39 is 0 Å². The summed E-state index contributed by atoms with van der Waals surface area (Å²) >= 11 is 4.51. The number of nitrogens with zero attached hydrogens (tertiary/aromatic N) is 1. The van der Waals surface area contributed by atoms with Gasteiger partial charge in [-0.25, -0.2) is 0 Å². The van der Waals surface area contributed by atoms with Gasteiger partial charge >= 0.3 is 0 Å². The normalized spacial score (nSPS) is 22.9. The van der Waals surface area contributed by atoms with Gasteiger partial charge < -0.3 is 4.90 Å². The monoisotopic (exact) mass is 247 g/mol. The molecule has 0 saturated heterocycles. The number of benzene rings is 1. The van der Waals surface area contributed by atoms with Gasteiger partial charge in [0.2, 0.25) is 0 Å². The molecule has 0 unspecified atom stereocenters. The van der Waals surface area contributed by atoms with Crippen molar-refractivity contribution in [3.8, 4) is 0 Å². The lowest BCUT2D eigenvalue weighted by Gasteiger charge is -2.24. The highest BCUT2D eigenvalue weighted by Crippen LogP contribution is 2.47. The molecule has 0 amide bonds. The van der Waals surface area contributed by atoms with Crippen LogP contribution in [0.1, 0.15) is 24.0 Å². The minimum atomic E-state index is 0.569. The third-order valence-electron chi connectivity index (χ3n) is 4.36. The average molecular weight is 247 g/mol. The van der Waals surface area contributed by atoms with Gasteiger partial charge in [0.15, 0.2) is 0 Å². The number of rotatable bonds is 3. The minimum Gasteiger partial charge on any atom is -0.302 e. The SMILES string of the molecule is SCC1(CN2CCc3ccccc3CC2)CC1. The first-order valence-corrected chi connectivity index (χ1v) is 7.35. The number of hydrogen-bond acceptors (Lipinski definition) is 2. The van der Waals surface area contributed by atoms with Crippen molar-refractivity contribution in [3.63, 3.8) is 0 Å². The first kappa shape index (κ1) is 11.6. The van der Waals surface area contributed by atoms with Crippen molar-refractivity contribution >= 4 is 12.6 Å². The molecule has 1 aliphatic carbocycles. The highest BCUT2D eigenvalue weighted by molar-refractivity contribution is 7.80. The van der Waals surface area contributed by atoms with Gasteiger partial charge in [-0.15, -0.1) is 0 Å². The fourth-order valence-electron chi connectivity index (χ4n) is 2.89. The molecule has 1 aromatic rings. The van der Waals surface area contributed by atoms with Crippen LogP contribution in [0.3, 0.4) is 0 Å². The van der Waals surface area contributed by atoms with Crippen molar-refractivity contribution in [1.82, 2.24) is 4.90 Å². The van der Waals surface area contributed by atoms with Crippen LogP contribution in [0.2, 0.25) is 0 Å². The summed E-state index contributed by atoms with van der Waals surface area (Å²) in [5, 5.41) is 0. The van der Waals surface area contributed by atoms with Crippen LogP contribution in [0.5, 0.6) is 0 Å². The second kappa shape index (κ2) is 4.66. The zero-order valence-electron chi connectivity index (χ0n) is 10.4. The molecule has 92 valence electrons. The van der Waals surface area contributed by atoms with Crippen molar-refractivity contribution in [1.29, 1.82) is 0 Å². The standard InChI is InChI=1S/C15H21NS/c17-12-15(7-8-15)11-16-9-5-13-3-1-2-4-14(13)6-10-16/h1-4,17H,5-12H2. The molecule has 0 bridgehead atoms. The van der Waals surface area contributed by atoms with Gasteiger partial charge in [-0.3, -0.25) is 0 Å². The van der Waals surface area contributed by atoms with Crippen LogP contribution < -0.4 is 0 Å². The molecule has 1 nitrogen and oxygen atoms in total. The van der Waals surface area contributed by atoms with E-state index in [9.17, 15) is 0 Å². The van der Waals surface area contributed by atoms with E-state index in [1.807, 2.05) is 0 Å². The molecule has 0 spiro atoms. The molecule has 0 aromatic heterocycles. The first-order chi connectivity index (χ1) is 8.31. The van der Waals surface area contributed by atoms with Crippen LogP contribution in [0.15, 0.2) is 24.3 Å². The van der Waals surface area contributed by atoms with Crippen LogP contribution >= 0.6 is 12.6 Å². The fraction of sp³-hybridized carbons (Fsp3) is 0.600. The van der Waals surface area contributed by atoms with E-state index in [0.717, 1.165) is 5.75 Å². The Morgan fingerprint density at radius 1 is 1.06 bits per heavy atom. The number of thiol groups is 1. The Labute approximate surface area is 110 Å². The molecule has 2 aliphatic rings. The maximum Gasteiger partial charge on any atom is 0.00461 e. The summed E-state index contributed by atoms with van der Waals surface area (Å²) in [6.07, 6.45) is 5.22. The zero-order chi connectivity index (χ0) is 11.7. The Hall–Kier alpha value is -0.470. The van der Waals surface area contributed by atoms with Crippen LogP contribution in [-0.4, -0.2) is 30.3 Å². The van der Waals surface area contributed by atoms with E-state index in [-0.39, 0.29) is 0 Å². The maximum atomic E-state index is 4.51. The van der Waals surface area contributed by atoms with Gasteiger partial charge in [-0.1, -0.05) is 24.3 Å². The van der Waals surface area contributed by atoms with Crippen molar-refractivity contribution in [2.45, 2.75) is 25.7 Å². The van der Waals surface area contributed by atoms with Crippen LogP contribution in [0.25, 0.3) is 0 Å². The smallest absolute Gasteiger partial charge is 0.00461 e. The summed E-state index contributed by atoms with van der Waals surface area (Å²) in [5.41, 5.74) is 3.69. The predicted octanol–water partition coefficient (Wildman–Crippen LogP) is 2.80.